The number of anilines is 1. The lowest BCUT2D eigenvalue weighted by Gasteiger charge is -2.13. The van der Waals surface area contributed by atoms with Crippen molar-refractivity contribution in [1.29, 1.82) is 0 Å². The van der Waals surface area contributed by atoms with E-state index in [0.717, 1.165) is 17.7 Å². The number of nitrogens with one attached hydrogen (secondary N) is 3. The van der Waals surface area contributed by atoms with Crippen LogP contribution in [0.4, 0.5) is 5.69 Å². The molecular formula is C20H27N3O3S. The molecule has 27 heavy (non-hydrogen) atoms. The van der Waals surface area contributed by atoms with Crippen LogP contribution in [0.1, 0.15) is 35.3 Å². The number of hydrogen-bond acceptors (Lipinski definition) is 4. The molecule has 2 aromatic carbocycles. The number of carbonyl (C=O) groups excluding carboxylic acids is 1. The Labute approximate surface area is 161 Å². The third kappa shape index (κ3) is 5.80. The monoisotopic (exact) mass is 389 g/mol. The topological polar surface area (TPSA) is 87.3 Å². The molecule has 0 aliphatic rings. The fourth-order valence-electron chi connectivity index (χ4n) is 2.55. The molecule has 3 N–H and O–H groups in total. The molecule has 0 unspecified atom stereocenters. The van der Waals surface area contributed by atoms with Gasteiger partial charge in [-0.15, -0.1) is 0 Å². The van der Waals surface area contributed by atoms with Gasteiger partial charge in [-0.25, -0.2) is 8.42 Å². The predicted octanol–water partition coefficient (Wildman–Crippen LogP) is 2.83. The zero-order chi connectivity index (χ0) is 20.0. The maximum Gasteiger partial charge on any atom is 0.261 e. The average molecular weight is 390 g/mol. The molecule has 0 heterocycles. The summed E-state index contributed by atoms with van der Waals surface area (Å²) in [6, 6.07) is 11.6. The number of rotatable bonds is 8. The molecule has 0 saturated carbocycles. The van der Waals surface area contributed by atoms with E-state index in [1.165, 1.54) is 0 Å². The SMILES string of the molecule is CCN[C@H](C)CNC(=O)c1ccc(NS(=O)(=O)c2ccc(C)c(C)c2)cc1. The summed E-state index contributed by atoms with van der Waals surface area (Å²) >= 11 is 0. The highest BCUT2D eigenvalue weighted by atomic mass is 32.2. The fourth-order valence-corrected chi connectivity index (χ4v) is 3.70. The molecule has 0 saturated heterocycles. The Balaban J connectivity index is 2.04. The van der Waals surface area contributed by atoms with Crippen molar-refractivity contribution in [2.24, 2.45) is 0 Å². The Bertz CT molecular complexity index is 893. The van der Waals surface area contributed by atoms with E-state index in [-0.39, 0.29) is 16.8 Å². The largest absolute Gasteiger partial charge is 0.350 e. The van der Waals surface area contributed by atoms with Crippen molar-refractivity contribution in [3.8, 4) is 0 Å². The number of hydrogen-bond donors (Lipinski definition) is 3. The summed E-state index contributed by atoms with van der Waals surface area (Å²) in [5, 5.41) is 6.07. The van der Waals surface area contributed by atoms with Crippen LogP contribution >= 0.6 is 0 Å². The summed E-state index contributed by atoms with van der Waals surface area (Å²) in [6.45, 7) is 9.17. The van der Waals surface area contributed by atoms with Crippen LogP contribution in [0, 0.1) is 13.8 Å². The van der Waals surface area contributed by atoms with Crippen molar-refractivity contribution in [2.75, 3.05) is 17.8 Å². The molecule has 0 radical (unpaired) electrons. The number of aryl methyl sites for hydroxylation is 2. The van der Waals surface area contributed by atoms with Gasteiger partial charge in [0.15, 0.2) is 0 Å². The van der Waals surface area contributed by atoms with E-state index in [4.69, 9.17) is 0 Å². The lowest BCUT2D eigenvalue weighted by atomic mass is 10.1. The zero-order valence-electron chi connectivity index (χ0n) is 16.2. The van der Waals surface area contributed by atoms with Gasteiger partial charge in [-0.05, 0) is 74.8 Å². The van der Waals surface area contributed by atoms with E-state index < -0.39 is 10.0 Å². The Hall–Kier alpha value is -2.38. The molecule has 0 bridgehead atoms. The van der Waals surface area contributed by atoms with Crippen molar-refractivity contribution in [1.82, 2.24) is 10.6 Å². The van der Waals surface area contributed by atoms with Crippen molar-refractivity contribution in [2.45, 2.75) is 38.6 Å². The van der Waals surface area contributed by atoms with Gasteiger partial charge in [-0.1, -0.05) is 13.0 Å². The number of sulfonamides is 1. The fraction of sp³-hybridized carbons (Fsp3) is 0.350. The van der Waals surface area contributed by atoms with Crippen molar-refractivity contribution < 1.29 is 13.2 Å². The van der Waals surface area contributed by atoms with E-state index in [9.17, 15) is 13.2 Å². The summed E-state index contributed by atoms with van der Waals surface area (Å²) in [4.78, 5) is 12.4. The quantitative estimate of drug-likeness (QED) is 0.648. The van der Waals surface area contributed by atoms with Crippen LogP contribution in [0.2, 0.25) is 0 Å². The summed E-state index contributed by atoms with van der Waals surface area (Å²) in [6.07, 6.45) is 0. The highest BCUT2D eigenvalue weighted by molar-refractivity contribution is 7.92. The third-order valence-electron chi connectivity index (χ3n) is 4.31. The zero-order valence-corrected chi connectivity index (χ0v) is 17.0. The van der Waals surface area contributed by atoms with Gasteiger partial charge in [0, 0.05) is 23.8 Å². The lowest BCUT2D eigenvalue weighted by Crippen LogP contribution is -2.38. The molecule has 0 aromatic heterocycles. The molecule has 0 aliphatic carbocycles. The normalized spacial score (nSPS) is 12.4. The molecule has 7 heteroatoms. The minimum atomic E-state index is -3.67. The van der Waals surface area contributed by atoms with Crippen molar-refractivity contribution in [3.63, 3.8) is 0 Å². The van der Waals surface area contributed by atoms with E-state index in [0.29, 0.717) is 17.8 Å². The smallest absolute Gasteiger partial charge is 0.261 e. The first-order valence-corrected chi connectivity index (χ1v) is 10.4. The number of benzene rings is 2. The predicted molar refractivity (Wildman–Crippen MR) is 109 cm³/mol. The van der Waals surface area contributed by atoms with Gasteiger partial charge in [0.05, 0.1) is 4.90 Å². The van der Waals surface area contributed by atoms with Crippen LogP contribution in [0.3, 0.4) is 0 Å². The van der Waals surface area contributed by atoms with Crippen LogP contribution in [0.15, 0.2) is 47.4 Å². The first-order chi connectivity index (χ1) is 12.7. The molecule has 0 fully saturated rings. The summed E-state index contributed by atoms with van der Waals surface area (Å²) in [7, 11) is -3.67. The Morgan fingerprint density at radius 3 is 2.30 bits per heavy atom. The summed E-state index contributed by atoms with van der Waals surface area (Å²) in [5.41, 5.74) is 2.84. The van der Waals surface area contributed by atoms with Crippen LogP contribution in [-0.2, 0) is 10.0 Å². The van der Waals surface area contributed by atoms with Gasteiger partial charge in [0.2, 0.25) is 0 Å². The first-order valence-electron chi connectivity index (χ1n) is 8.94. The molecule has 6 nitrogen and oxygen atoms in total. The summed E-state index contributed by atoms with van der Waals surface area (Å²) < 4.78 is 27.6. The average Bonchev–Trinajstić information content (AvgIpc) is 2.62. The maximum absolute atomic E-state index is 12.5. The molecular weight excluding hydrogens is 362 g/mol. The van der Waals surface area contributed by atoms with Crippen LogP contribution in [-0.4, -0.2) is 33.5 Å². The third-order valence-corrected chi connectivity index (χ3v) is 5.69. The first kappa shape index (κ1) is 20.9. The Morgan fingerprint density at radius 2 is 1.70 bits per heavy atom. The summed E-state index contributed by atoms with van der Waals surface area (Å²) in [5.74, 6) is -0.191. The van der Waals surface area contributed by atoms with E-state index >= 15 is 0 Å². The molecule has 2 rings (SSSR count). The standard InChI is InChI=1S/C20H27N3O3S/c1-5-21-16(4)13-22-20(24)17-7-9-18(10-8-17)23-27(25,26)19-11-6-14(2)15(3)12-19/h6-12,16,21,23H,5,13H2,1-4H3,(H,22,24)/t16-/m1/s1. The van der Waals surface area contributed by atoms with E-state index in [1.807, 2.05) is 27.7 Å². The number of carbonyl (C=O) groups is 1. The van der Waals surface area contributed by atoms with Crippen molar-refractivity contribution in [3.05, 3.63) is 59.2 Å². The molecule has 1 amide bonds. The minimum absolute atomic E-state index is 0.183. The van der Waals surface area contributed by atoms with Crippen LogP contribution < -0.4 is 15.4 Å². The van der Waals surface area contributed by atoms with Crippen LogP contribution in [0.5, 0.6) is 0 Å². The highest BCUT2D eigenvalue weighted by Crippen LogP contribution is 2.19. The van der Waals surface area contributed by atoms with Gasteiger partial charge in [-0.2, -0.15) is 0 Å². The van der Waals surface area contributed by atoms with E-state index in [1.54, 1.807) is 42.5 Å². The molecule has 1 atom stereocenters. The minimum Gasteiger partial charge on any atom is -0.350 e. The number of likely N-dealkylation sites (N-methyl/N-ethyl adjacent to an activating group) is 1. The highest BCUT2D eigenvalue weighted by Gasteiger charge is 2.15. The number of amides is 1. The second kappa shape index (κ2) is 9.01. The second-order valence-electron chi connectivity index (χ2n) is 6.60. The van der Waals surface area contributed by atoms with E-state index in [2.05, 4.69) is 15.4 Å². The molecule has 0 aliphatic heterocycles. The van der Waals surface area contributed by atoms with Gasteiger partial charge < -0.3 is 10.6 Å². The van der Waals surface area contributed by atoms with Gasteiger partial charge >= 0.3 is 0 Å². The Kier molecular flexibility index (Phi) is 6.98. The molecule has 0 spiro atoms. The van der Waals surface area contributed by atoms with Gasteiger partial charge in [0.25, 0.3) is 15.9 Å². The molecule has 2 aromatic rings. The Morgan fingerprint density at radius 1 is 1.04 bits per heavy atom. The van der Waals surface area contributed by atoms with Crippen LogP contribution in [0.25, 0.3) is 0 Å². The van der Waals surface area contributed by atoms with Gasteiger partial charge in [-0.3, -0.25) is 9.52 Å². The van der Waals surface area contributed by atoms with Crippen molar-refractivity contribution >= 4 is 21.6 Å². The van der Waals surface area contributed by atoms with Gasteiger partial charge in [0.1, 0.15) is 0 Å². The maximum atomic E-state index is 12.5. The second-order valence-corrected chi connectivity index (χ2v) is 8.28. The lowest BCUT2D eigenvalue weighted by molar-refractivity contribution is 0.0950. The molecule has 146 valence electrons.